The zero-order valence-corrected chi connectivity index (χ0v) is 16.3. The van der Waals surface area contributed by atoms with Crippen LogP contribution in [0.4, 0.5) is 4.39 Å². The first-order valence-electron chi connectivity index (χ1n) is 9.07. The second kappa shape index (κ2) is 9.92. The minimum atomic E-state index is -0.724. The average Bonchev–Trinajstić information content (AvgIpc) is 2.68. The maximum atomic E-state index is 13.8. The van der Waals surface area contributed by atoms with Crippen LogP contribution in [0.3, 0.4) is 0 Å². The van der Waals surface area contributed by atoms with Crippen molar-refractivity contribution in [1.29, 1.82) is 0 Å². The van der Waals surface area contributed by atoms with E-state index in [4.69, 9.17) is 4.74 Å². The van der Waals surface area contributed by atoms with E-state index < -0.39 is 6.10 Å². The highest BCUT2D eigenvalue weighted by Crippen LogP contribution is 2.18. The number of halogens is 1. The molecule has 0 aromatic heterocycles. The van der Waals surface area contributed by atoms with Gasteiger partial charge in [-0.1, -0.05) is 24.3 Å². The molecule has 27 heavy (non-hydrogen) atoms. The summed E-state index contributed by atoms with van der Waals surface area (Å²) in [7, 11) is 1.60. The fourth-order valence-corrected chi connectivity index (χ4v) is 2.60. The lowest BCUT2D eigenvalue weighted by Gasteiger charge is -2.19. The zero-order valence-electron chi connectivity index (χ0n) is 16.3. The van der Waals surface area contributed by atoms with Crippen LogP contribution < -0.4 is 15.4 Å². The second-order valence-corrected chi connectivity index (χ2v) is 6.38. The molecule has 3 N–H and O–H groups in total. The molecule has 0 amide bonds. The van der Waals surface area contributed by atoms with E-state index >= 15 is 0 Å². The Morgan fingerprint density at radius 2 is 1.85 bits per heavy atom. The van der Waals surface area contributed by atoms with E-state index in [0.717, 1.165) is 16.9 Å². The number of benzene rings is 2. The molecule has 0 bridgehead atoms. The Labute approximate surface area is 160 Å². The zero-order chi connectivity index (χ0) is 19.8. The summed E-state index contributed by atoms with van der Waals surface area (Å²) in [5.74, 6) is 1.08. The summed E-state index contributed by atoms with van der Waals surface area (Å²) in [5.41, 5.74) is 2.22. The van der Waals surface area contributed by atoms with Crippen LogP contribution in [-0.2, 0) is 0 Å². The topological polar surface area (TPSA) is 65.9 Å². The monoisotopic (exact) mass is 373 g/mol. The quantitative estimate of drug-likeness (QED) is 0.513. The average molecular weight is 373 g/mol. The first-order chi connectivity index (χ1) is 12.9. The Balaban J connectivity index is 2.04. The van der Waals surface area contributed by atoms with Gasteiger partial charge in [0.2, 0.25) is 0 Å². The van der Waals surface area contributed by atoms with Crippen LogP contribution in [0.15, 0.2) is 47.5 Å². The summed E-state index contributed by atoms with van der Waals surface area (Å²) in [6.07, 6.45) is -0.724. The normalized spacial score (nSPS) is 13.8. The van der Waals surface area contributed by atoms with Crippen molar-refractivity contribution >= 4 is 5.96 Å². The molecule has 0 aliphatic rings. The van der Waals surface area contributed by atoms with Gasteiger partial charge in [-0.3, -0.25) is 4.99 Å². The number of ether oxygens (including phenoxy) is 1. The molecule has 0 radical (unpaired) electrons. The lowest BCUT2D eigenvalue weighted by Crippen LogP contribution is -2.39. The molecule has 146 valence electrons. The van der Waals surface area contributed by atoms with Gasteiger partial charge in [-0.2, -0.15) is 0 Å². The predicted octanol–water partition coefficient (Wildman–Crippen LogP) is 3.49. The Bertz CT molecular complexity index is 763. The third kappa shape index (κ3) is 5.96. The molecule has 0 aliphatic heterocycles. The molecular weight excluding hydrogens is 345 g/mol. The van der Waals surface area contributed by atoms with Crippen molar-refractivity contribution in [3.8, 4) is 5.75 Å². The Morgan fingerprint density at radius 3 is 2.44 bits per heavy atom. The number of aliphatic hydroxyl groups excluding tert-OH is 1. The Hall–Kier alpha value is -2.60. The van der Waals surface area contributed by atoms with Crippen molar-refractivity contribution in [3.63, 3.8) is 0 Å². The minimum Gasteiger partial charge on any atom is -0.497 e. The molecule has 2 aromatic rings. The van der Waals surface area contributed by atoms with Gasteiger partial charge < -0.3 is 20.5 Å². The second-order valence-electron chi connectivity index (χ2n) is 6.38. The molecule has 0 spiro atoms. The third-order valence-corrected chi connectivity index (χ3v) is 4.32. The molecule has 2 atom stereocenters. The van der Waals surface area contributed by atoms with Crippen LogP contribution in [0, 0.1) is 12.7 Å². The number of methoxy groups -OCH3 is 1. The van der Waals surface area contributed by atoms with Crippen LogP contribution in [0.1, 0.15) is 42.7 Å². The fraction of sp³-hybridized carbons (Fsp3) is 0.381. The number of aliphatic hydroxyl groups is 1. The van der Waals surface area contributed by atoms with Crippen molar-refractivity contribution < 1.29 is 14.2 Å². The summed E-state index contributed by atoms with van der Waals surface area (Å²) < 4.78 is 18.9. The highest BCUT2D eigenvalue weighted by atomic mass is 19.1. The van der Waals surface area contributed by atoms with Crippen LogP contribution in [0.25, 0.3) is 0 Å². The van der Waals surface area contributed by atoms with Gasteiger partial charge in [0.1, 0.15) is 11.6 Å². The van der Waals surface area contributed by atoms with E-state index in [0.29, 0.717) is 18.1 Å². The number of aryl methyl sites for hydroxylation is 1. The first kappa shape index (κ1) is 20.7. The number of rotatable bonds is 7. The smallest absolute Gasteiger partial charge is 0.191 e. The van der Waals surface area contributed by atoms with Gasteiger partial charge in [-0.15, -0.1) is 0 Å². The molecule has 2 aromatic carbocycles. The molecule has 5 nitrogen and oxygen atoms in total. The highest BCUT2D eigenvalue weighted by molar-refractivity contribution is 5.80. The van der Waals surface area contributed by atoms with Crippen LogP contribution >= 0.6 is 0 Å². The van der Waals surface area contributed by atoms with E-state index in [2.05, 4.69) is 15.6 Å². The molecule has 0 saturated heterocycles. The Morgan fingerprint density at radius 1 is 1.19 bits per heavy atom. The number of hydrogen-bond acceptors (Lipinski definition) is 3. The molecule has 0 fully saturated rings. The highest BCUT2D eigenvalue weighted by Gasteiger charge is 2.11. The van der Waals surface area contributed by atoms with Gasteiger partial charge >= 0.3 is 0 Å². The van der Waals surface area contributed by atoms with E-state index in [1.807, 2.05) is 32.0 Å². The predicted molar refractivity (Wildman–Crippen MR) is 107 cm³/mol. The van der Waals surface area contributed by atoms with Gasteiger partial charge in [0, 0.05) is 6.54 Å². The molecule has 0 heterocycles. The van der Waals surface area contributed by atoms with E-state index in [9.17, 15) is 9.50 Å². The van der Waals surface area contributed by atoms with Crippen LogP contribution in [0.2, 0.25) is 0 Å². The molecular formula is C21H28FN3O2. The summed E-state index contributed by atoms with van der Waals surface area (Å²) >= 11 is 0. The molecule has 6 heteroatoms. The number of nitrogens with zero attached hydrogens (tertiary/aromatic N) is 1. The van der Waals surface area contributed by atoms with Gasteiger partial charge in [-0.05, 0) is 55.7 Å². The van der Waals surface area contributed by atoms with Crippen molar-refractivity contribution in [2.75, 3.05) is 20.2 Å². The maximum Gasteiger partial charge on any atom is 0.191 e. The van der Waals surface area contributed by atoms with E-state index in [-0.39, 0.29) is 18.4 Å². The van der Waals surface area contributed by atoms with Gasteiger partial charge in [0.25, 0.3) is 0 Å². The molecule has 2 unspecified atom stereocenters. The van der Waals surface area contributed by atoms with Crippen molar-refractivity contribution in [3.05, 3.63) is 65.0 Å². The van der Waals surface area contributed by atoms with Gasteiger partial charge in [-0.25, -0.2) is 4.39 Å². The first-order valence-corrected chi connectivity index (χ1v) is 9.07. The number of hydrogen-bond donors (Lipinski definition) is 3. The van der Waals surface area contributed by atoms with Gasteiger partial charge in [0.15, 0.2) is 5.96 Å². The standard InChI is InChI=1S/C21H28FN3O2/c1-5-23-21(25-15(3)17-7-6-14(2)19(22)12-17)24-13-20(26)16-8-10-18(27-4)11-9-16/h6-12,15,20,26H,5,13H2,1-4H3,(H2,23,24,25). The van der Waals surface area contributed by atoms with E-state index in [1.54, 1.807) is 32.2 Å². The lowest BCUT2D eigenvalue weighted by atomic mass is 10.1. The number of nitrogens with one attached hydrogen (secondary N) is 2. The summed E-state index contributed by atoms with van der Waals surface area (Å²) in [5, 5.41) is 16.8. The molecule has 2 rings (SSSR count). The minimum absolute atomic E-state index is 0.129. The van der Waals surface area contributed by atoms with Crippen molar-refractivity contribution in [1.82, 2.24) is 10.6 Å². The number of aliphatic imine (C=N–C) groups is 1. The van der Waals surface area contributed by atoms with Crippen molar-refractivity contribution in [2.24, 2.45) is 4.99 Å². The lowest BCUT2D eigenvalue weighted by molar-refractivity contribution is 0.187. The summed E-state index contributed by atoms with van der Waals surface area (Å²) in [6.45, 7) is 6.53. The van der Waals surface area contributed by atoms with Crippen molar-refractivity contribution in [2.45, 2.75) is 32.9 Å². The molecule has 0 aliphatic carbocycles. The van der Waals surface area contributed by atoms with Crippen LogP contribution in [-0.4, -0.2) is 31.3 Å². The summed E-state index contributed by atoms with van der Waals surface area (Å²) in [6, 6.07) is 12.3. The third-order valence-electron chi connectivity index (χ3n) is 4.32. The van der Waals surface area contributed by atoms with Crippen LogP contribution in [0.5, 0.6) is 5.75 Å². The fourth-order valence-electron chi connectivity index (χ4n) is 2.60. The van der Waals surface area contributed by atoms with Gasteiger partial charge in [0.05, 0.1) is 25.8 Å². The summed E-state index contributed by atoms with van der Waals surface area (Å²) in [4.78, 5) is 4.46. The number of guanidine groups is 1. The Kier molecular flexibility index (Phi) is 7.61. The molecule has 0 saturated carbocycles. The SMILES string of the molecule is CCNC(=NCC(O)c1ccc(OC)cc1)NC(C)c1ccc(C)c(F)c1. The largest absolute Gasteiger partial charge is 0.497 e. The van der Waals surface area contributed by atoms with E-state index in [1.165, 1.54) is 6.07 Å². The maximum absolute atomic E-state index is 13.8.